The zero-order chi connectivity index (χ0) is 34.1. The molecule has 1 amide bonds. The Kier molecular flexibility index (Phi) is 31.9. The minimum absolute atomic E-state index is 0.285. The maximum atomic E-state index is 12.6. The van der Waals surface area contributed by atoms with Gasteiger partial charge in [0.25, 0.3) is 10.1 Å². The summed E-state index contributed by atoms with van der Waals surface area (Å²) in [7, 11) is -4.43. The van der Waals surface area contributed by atoms with Gasteiger partial charge in [0.1, 0.15) is 6.10 Å². The zero-order valence-corrected chi connectivity index (χ0v) is 30.9. The van der Waals surface area contributed by atoms with E-state index in [1.165, 1.54) is 141 Å². The highest BCUT2D eigenvalue weighted by atomic mass is 32.2. The quantitative estimate of drug-likeness (QED) is 0.0302. The van der Waals surface area contributed by atoms with E-state index in [2.05, 4.69) is 19.2 Å². The van der Waals surface area contributed by atoms with Gasteiger partial charge in [0.15, 0.2) is 0 Å². The molecule has 8 heteroatoms. The Morgan fingerprint density at radius 1 is 0.587 bits per heavy atom. The second-order valence-corrected chi connectivity index (χ2v) is 15.2. The average molecular weight is 674 g/mol. The Hall–Kier alpha value is -0.960. The molecule has 4 N–H and O–H groups in total. The summed E-state index contributed by atoms with van der Waals surface area (Å²) in [4.78, 5) is 12.6. The van der Waals surface area contributed by atoms with Crippen LogP contribution in [0.25, 0.3) is 0 Å². The molecule has 0 aromatic carbocycles. The molecule has 0 bridgehead atoms. The van der Waals surface area contributed by atoms with Crippen molar-refractivity contribution < 1.29 is 28.0 Å². The molecule has 0 heterocycles. The minimum Gasteiger partial charge on any atom is -0.387 e. The Labute approximate surface area is 284 Å². The normalized spacial score (nSPS) is 14.1. The van der Waals surface area contributed by atoms with Crippen molar-refractivity contribution in [3.63, 3.8) is 0 Å². The predicted octanol–water partition coefficient (Wildman–Crippen LogP) is 9.99. The van der Waals surface area contributed by atoms with Crippen molar-refractivity contribution in [1.82, 2.24) is 5.32 Å². The number of aliphatic hydroxyl groups excluding tert-OH is 2. The number of carbonyl (C=O) groups excluding carboxylic acids is 1. The zero-order valence-electron chi connectivity index (χ0n) is 30.1. The number of allylic oxidation sites excluding steroid dienone is 1. The van der Waals surface area contributed by atoms with E-state index in [9.17, 15) is 28.0 Å². The molecule has 0 aromatic rings. The molecule has 7 nitrogen and oxygen atoms in total. The lowest BCUT2D eigenvalue weighted by molar-refractivity contribution is -0.130. The van der Waals surface area contributed by atoms with Crippen molar-refractivity contribution >= 4 is 16.0 Å². The highest BCUT2D eigenvalue weighted by molar-refractivity contribution is 7.85. The summed E-state index contributed by atoms with van der Waals surface area (Å²) < 4.78 is 32.4. The van der Waals surface area contributed by atoms with Crippen LogP contribution in [0.3, 0.4) is 0 Å². The summed E-state index contributed by atoms with van der Waals surface area (Å²) in [6, 6.07) is -1.23. The fourth-order valence-corrected chi connectivity index (χ4v) is 6.78. The number of carbonyl (C=O) groups is 1. The summed E-state index contributed by atoms with van der Waals surface area (Å²) in [6.45, 7) is 4.50. The molecular formula is C38H75NO6S. The molecule has 274 valence electrons. The molecule has 0 saturated heterocycles. The van der Waals surface area contributed by atoms with Gasteiger partial charge in [-0.15, -0.1) is 0 Å². The molecule has 0 radical (unpaired) electrons. The molecule has 0 rings (SSSR count). The Bertz CT molecular complexity index is 803. The van der Waals surface area contributed by atoms with Crippen molar-refractivity contribution in [1.29, 1.82) is 0 Å². The number of hydrogen-bond acceptors (Lipinski definition) is 5. The Morgan fingerprint density at radius 3 is 1.30 bits per heavy atom. The van der Waals surface area contributed by atoms with Crippen molar-refractivity contribution in [3.05, 3.63) is 12.2 Å². The van der Waals surface area contributed by atoms with Gasteiger partial charge >= 0.3 is 0 Å². The summed E-state index contributed by atoms with van der Waals surface area (Å²) in [6.07, 6.45) is 35.5. The third-order valence-electron chi connectivity index (χ3n) is 9.07. The summed E-state index contributed by atoms with van der Waals surface area (Å²) in [5.74, 6) is -1.53. The van der Waals surface area contributed by atoms with Gasteiger partial charge in [-0.25, -0.2) is 0 Å². The predicted molar refractivity (Wildman–Crippen MR) is 195 cm³/mol. The van der Waals surface area contributed by atoms with Crippen LogP contribution in [0, 0.1) is 0 Å². The van der Waals surface area contributed by atoms with Gasteiger partial charge in [-0.05, 0) is 19.3 Å². The Balaban J connectivity index is 4.06. The van der Waals surface area contributed by atoms with E-state index in [0.717, 1.165) is 38.5 Å². The lowest BCUT2D eigenvalue weighted by atomic mass is 10.0. The molecule has 0 spiro atoms. The van der Waals surface area contributed by atoms with E-state index in [1.807, 2.05) is 0 Å². The van der Waals surface area contributed by atoms with Crippen LogP contribution < -0.4 is 5.32 Å². The summed E-state index contributed by atoms with van der Waals surface area (Å²) in [5, 5.41) is 23.3. The number of nitrogens with one attached hydrogen (secondary N) is 1. The van der Waals surface area contributed by atoms with Gasteiger partial charge in [-0.3, -0.25) is 9.35 Å². The molecule has 0 aliphatic rings. The summed E-state index contributed by atoms with van der Waals surface area (Å²) in [5.41, 5.74) is 0. The van der Waals surface area contributed by atoms with E-state index in [1.54, 1.807) is 6.08 Å². The van der Waals surface area contributed by atoms with Crippen molar-refractivity contribution in [3.8, 4) is 0 Å². The van der Waals surface area contributed by atoms with Crippen LogP contribution in [-0.4, -0.2) is 53.1 Å². The highest BCUT2D eigenvalue weighted by Crippen LogP contribution is 2.15. The van der Waals surface area contributed by atoms with Gasteiger partial charge in [0, 0.05) is 0 Å². The number of hydrogen-bond donors (Lipinski definition) is 4. The second-order valence-electron chi connectivity index (χ2n) is 13.7. The first-order valence-electron chi connectivity index (χ1n) is 19.5. The van der Waals surface area contributed by atoms with Crippen LogP contribution in [0.4, 0.5) is 0 Å². The number of unbranched alkanes of at least 4 members (excludes halogenated alkanes) is 26. The van der Waals surface area contributed by atoms with Gasteiger partial charge in [-0.2, -0.15) is 8.42 Å². The van der Waals surface area contributed by atoms with Crippen molar-refractivity contribution in [2.75, 3.05) is 5.75 Å². The average Bonchev–Trinajstić information content (AvgIpc) is 3.01. The monoisotopic (exact) mass is 674 g/mol. The smallest absolute Gasteiger partial charge is 0.267 e. The van der Waals surface area contributed by atoms with E-state index >= 15 is 0 Å². The SMILES string of the molecule is CCCCCCCCCCCCCC/C=C/C(O)C(CS(=O)(=O)O)NC(=O)C(O)CCCCCCCCCCCCCCCCC. The Morgan fingerprint density at radius 2 is 0.935 bits per heavy atom. The van der Waals surface area contributed by atoms with E-state index in [4.69, 9.17) is 0 Å². The molecule has 0 fully saturated rings. The third-order valence-corrected chi connectivity index (χ3v) is 9.85. The molecule has 0 saturated carbocycles. The standard InChI is InChI=1S/C38H75NO6S/c1-3-5-7-9-11-13-15-17-19-21-23-25-27-29-31-33-37(41)38(42)39-35(34-46(43,44)45)36(40)32-30-28-26-24-22-20-18-16-14-12-10-8-6-4-2/h30,32,35-37,40-41H,3-29,31,33-34H2,1-2H3,(H,39,42)(H,43,44,45)/b32-30+. The van der Waals surface area contributed by atoms with Crippen LogP contribution in [-0.2, 0) is 14.9 Å². The first kappa shape index (κ1) is 45.0. The van der Waals surface area contributed by atoms with Crippen LogP contribution in [0.15, 0.2) is 12.2 Å². The summed E-state index contributed by atoms with van der Waals surface area (Å²) >= 11 is 0. The highest BCUT2D eigenvalue weighted by Gasteiger charge is 2.27. The molecular weight excluding hydrogens is 598 g/mol. The van der Waals surface area contributed by atoms with Gasteiger partial charge in [-0.1, -0.05) is 193 Å². The van der Waals surface area contributed by atoms with Crippen LogP contribution in [0.5, 0.6) is 0 Å². The van der Waals surface area contributed by atoms with Crippen molar-refractivity contribution in [2.24, 2.45) is 0 Å². The van der Waals surface area contributed by atoms with Gasteiger partial charge < -0.3 is 15.5 Å². The fourth-order valence-electron chi connectivity index (χ4n) is 6.04. The molecule has 0 aliphatic heterocycles. The number of amides is 1. The van der Waals surface area contributed by atoms with Crippen LogP contribution in [0.2, 0.25) is 0 Å². The van der Waals surface area contributed by atoms with Gasteiger partial charge in [0.05, 0.1) is 17.9 Å². The van der Waals surface area contributed by atoms with E-state index in [-0.39, 0.29) is 6.42 Å². The van der Waals surface area contributed by atoms with E-state index < -0.39 is 40.0 Å². The molecule has 46 heavy (non-hydrogen) atoms. The number of aliphatic hydroxyl groups is 2. The first-order chi connectivity index (χ1) is 22.2. The lowest BCUT2D eigenvalue weighted by Crippen LogP contribution is -2.50. The largest absolute Gasteiger partial charge is 0.387 e. The van der Waals surface area contributed by atoms with Crippen molar-refractivity contribution in [2.45, 2.75) is 218 Å². The lowest BCUT2D eigenvalue weighted by Gasteiger charge is -2.22. The topological polar surface area (TPSA) is 124 Å². The number of rotatable bonds is 35. The first-order valence-corrected chi connectivity index (χ1v) is 21.1. The van der Waals surface area contributed by atoms with E-state index in [0.29, 0.717) is 6.42 Å². The van der Waals surface area contributed by atoms with Crippen LogP contribution in [0.1, 0.15) is 200 Å². The maximum absolute atomic E-state index is 12.6. The molecule has 0 aliphatic carbocycles. The fraction of sp³-hybridized carbons (Fsp3) is 0.921. The van der Waals surface area contributed by atoms with Crippen LogP contribution >= 0.6 is 0 Å². The maximum Gasteiger partial charge on any atom is 0.267 e. The molecule has 3 atom stereocenters. The molecule has 0 aromatic heterocycles. The molecule has 3 unspecified atom stereocenters. The minimum atomic E-state index is -4.43. The third kappa shape index (κ3) is 31.6. The second kappa shape index (κ2) is 32.6. The van der Waals surface area contributed by atoms with Gasteiger partial charge in [0.2, 0.25) is 5.91 Å².